The Bertz CT molecular complexity index is 1850. The molecule has 5 N–H and O–H groups in total. The highest BCUT2D eigenvalue weighted by molar-refractivity contribution is 6.40. The molecule has 0 saturated carbocycles. The molecule has 2 aromatic carbocycles. The van der Waals surface area contributed by atoms with Crippen LogP contribution in [0.25, 0.3) is 11.1 Å². The minimum atomic E-state index is -0.415. The van der Waals surface area contributed by atoms with Gasteiger partial charge in [-0.3, -0.25) is 28.9 Å². The van der Waals surface area contributed by atoms with Crippen LogP contribution in [-0.2, 0) is 17.9 Å². The lowest BCUT2D eigenvalue weighted by molar-refractivity contribution is -0.118. The highest BCUT2D eigenvalue weighted by Crippen LogP contribution is 2.40. The smallest absolute Gasteiger partial charge is 0.276 e. The number of halogens is 2. The molecule has 1 fully saturated rings. The van der Waals surface area contributed by atoms with Crippen LogP contribution in [0.4, 0.5) is 11.4 Å². The van der Waals surface area contributed by atoms with Gasteiger partial charge >= 0.3 is 0 Å². The maximum absolute atomic E-state index is 13.4. The Morgan fingerprint density at radius 1 is 0.898 bits per heavy atom. The van der Waals surface area contributed by atoms with E-state index in [4.69, 9.17) is 23.2 Å². The van der Waals surface area contributed by atoms with E-state index in [-0.39, 0.29) is 39.5 Å². The van der Waals surface area contributed by atoms with Crippen molar-refractivity contribution < 1.29 is 19.5 Å². The largest absolute Gasteiger partial charge is 0.392 e. The molecule has 0 bridgehead atoms. The topological polar surface area (TPSA) is 154 Å². The predicted octanol–water partition coefficient (Wildman–Crippen LogP) is 4.88. The van der Waals surface area contributed by atoms with Crippen molar-refractivity contribution in [3.05, 3.63) is 93.5 Å². The molecule has 2 aromatic heterocycles. The maximum atomic E-state index is 13.4. The first-order valence-corrected chi connectivity index (χ1v) is 17.0. The molecule has 1 unspecified atom stereocenters. The zero-order valence-corrected chi connectivity index (χ0v) is 28.5. The number of nitrogens with one attached hydrogen (secondary N) is 4. The van der Waals surface area contributed by atoms with Crippen molar-refractivity contribution in [3.63, 3.8) is 0 Å². The highest BCUT2D eigenvalue weighted by Gasteiger charge is 2.25. The number of likely N-dealkylation sites (tertiary alicyclic amines) is 1. The number of β-amino-alcohol motifs (C(OH)–C–C–N with tert-alkyl or cyclic N) is 1. The molecule has 256 valence electrons. The molecule has 2 aliphatic rings. The van der Waals surface area contributed by atoms with Crippen molar-refractivity contribution in [2.45, 2.75) is 51.4 Å². The van der Waals surface area contributed by atoms with Crippen LogP contribution in [-0.4, -0.2) is 74.8 Å². The Balaban J connectivity index is 1.13. The second-order valence-electron chi connectivity index (χ2n) is 12.3. The number of carbonyl (C=O) groups excluding carboxylic acids is 3. The monoisotopic (exact) mass is 704 g/mol. The van der Waals surface area contributed by atoms with E-state index in [0.29, 0.717) is 55.2 Å². The van der Waals surface area contributed by atoms with Crippen LogP contribution in [0, 0.1) is 0 Å². The molecule has 4 heterocycles. The van der Waals surface area contributed by atoms with Crippen LogP contribution < -0.4 is 21.3 Å². The van der Waals surface area contributed by atoms with Crippen molar-refractivity contribution in [3.8, 4) is 11.1 Å². The summed E-state index contributed by atoms with van der Waals surface area (Å²) in [5, 5.41) is 26.8. The number of hydrogen-bond acceptors (Lipinski definition) is 8. The number of aromatic nitrogens is 3. The fourth-order valence-electron chi connectivity index (χ4n) is 6.20. The van der Waals surface area contributed by atoms with Gasteiger partial charge in [-0.25, -0.2) is 0 Å². The molecule has 3 amide bonds. The maximum Gasteiger partial charge on any atom is 0.276 e. The number of anilines is 2. The van der Waals surface area contributed by atoms with Crippen LogP contribution in [0.15, 0.2) is 60.8 Å². The van der Waals surface area contributed by atoms with Crippen molar-refractivity contribution in [1.29, 1.82) is 0 Å². The highest BCUT2D eigenvalue weighted by atomic mass is 35.5. The van der Waals surface area contributed by atoms with Gasteiger partial charge in [-0.2, -0.15) is 5.10 Å². The Labute approximate surface area is 294 Å². The summed E-state index contributed by atoms with van der Waals surface area (Å²) in [7, 11) is 0. The summed E-state index contributed by atoms with van der Waals surface area (Å²) in [6.07, 6.45) is 3.94. The second kappa shape index (κ2) is 15.5. The lowest BCUT2D eigenvalue weighted by Crippen LogP contribution is -2.34. The zero-order valence-electron chi connectivity index (χ0n) is 27.0. The standard InChI is InChI=1S/C35H38Cl2N8O4/c1-21(46)38-13-14-39-26-9-4-15-45-31(26)17-30(43-45)35(49)42-28-8-3-6-25(33(28)37)24-5-2-7-27(32(24)36)41-34(48)29-11-10-22(18-40-29)19-44-16-12-23(47)20-44/h2-3,5-8,10-11,17-18,23,26,39,47H,4,9,12-16,19-20H2,1H3,(H,38,46)(H,41,48)(H,42,49)/t23-,26?/m1/s1. The minimum Gasteiger partial charge on any atom is -0.392 e. The van der Waals surface area contributed by atoms with Gasteiger partial charge in [-0.1, -0.05) is 53.5 Å². The van der Waals surface area contributed by atoms with Crippen LogP contribution in [0.3, 0.4) is 0 Å². The van der Waals surface area contributed by atoms with Crippen LogP contribution in [0.1, 0.15) is 64.5 Å². The summed E-state index contributed by atoms with van der Waals surface area (Å²) in [6, 6.07) is 15.8. The molecule has 12 nitrogen and oxygen atoms in total. The van der Waals surface area contributed by atoms with Gasteiger partial charge in [0.2, 0.25) is 5.91 Å². The SMILES string of the molecule is CC(=O)NCCNC1CCCn2nc(C(=O)Nc3cccc(-c4cccc(NC(=O)c5ccc(CN6CC[C@@H](O)C6)cn5)c4Cl)c3Cl)cc21. The summed E-state index contributed by atoms with van der Waals surface area (Å²) in [5.41, 5.74) is 4.29. The van der Waals surface area contributed by atoms with Gasteiger partial charge in [-0.05, 0) is 49.1 Å². The summed E-state index contributed by atoms with van der Waals surface area (Å²) in [5.74, 6) is -0.894. The van der Waals surface area contributed by atoms with Gasteiger partial charge in [0.15, 0.2) is 5.69 Å². The van der Waals surface area contributed by atoms with Crippen molar-refractivity contribution in [2.24, 2.45) is 0 Å². The van der Waals surface area contributed by atoms with Gasteiger partial charge in [-0.15, -0.1) is 0 Å². The number of fused-ring (bicyclic) bond motifs is 1. The number of hydrogen-bond donors (Lipinski definition) is 5. The summed E-state index contributed by atoms with van der Waals surface area (Å²) in [6.45, 7) is 5.42. The van der Waals surface area contributed by atoms with Crippen molar-refractivity contribution in [1.82, 2.24) is 30.3 Å². The fraction of sp³-hybridized carbons (Fsp3) is 0.343. The Kier molecular flexibility index (Phi) is 10.9. The Hall–Kier alpha value is -4.33. The van der Waals surface area contributed by atoms with E-state index >= 15 is 0 Å². The average molecular weight is 706 g/mol. The lowest BCUT2D eigenvalue weighted by atomic mass is 10.0. The zero-order chi connectivity index (χ0) is 34.5. The molecule has 0 aliphatic carbocycles. The number of amides is 3. The Morgan fingerprint density at radius 3 is 2.20 bits per heavy atom. The number of nitrogens with zero attached hydrogens (tertiary/aromatic N) is 4. The first-order valence-electron chi connectivity index (χ1n) is 16.3. The number of pyridine rings is 1. The number of aliphatic hydroxyl groups excluding tert-OH is 1. The van der Waals surface area contributed by atoms with Gasteiger partial charge < -0.3 is 26.4 Å². The van der Waals surface area contributed by atoms with E-state index < -0.39 is 11.8 Å². The summed E-state index contributed by atoms with van der Waals surface area (Å²) in [4.78, 5) is 44.1. The third-order valence-electron chi connectivity index (χ3n) is 8.65. The molecular weight excluding hydrogens is 667 g/mol. The summed E-state index contributed by atoms with van der Waals surface area (Å²) >= 11 is 13.7. The molecule has 1 saturated heterocycles. The number of carbonyl (C=O) groups is 3. The first-order chi connectivity index (χ1) is 23.7. The van der Waals surface area contributed by atoms with E-state index in [1.165, 1.54) is 6.92 Å². The molecule has 14 heteroatoms. The van der Waals surface area contributed by atoms with E-state index in [1.807, 2.05) is 10.7 Å². The van der Waals surface area contributed by atoms with Gasteiger partial charge in [0.25, 0.3) is 11.8 Å². The predicted molar refractivity (Wildman–Crippen MR) is 189 cm³/mol. The Morgan fingerprint density at radius 2 is 1.59 bits per heavy atom. The molecule has 2 aliphatic heterocycles. The molecule has 4 aromatic rings. The van der Waals surface area contributed by atoms with Crippen molar-refractivity contribution >= 4 is 52.3 Å². The molecule has 2 atom stereocenters. The number of aliphatic hydroxyl groups is 1. The number of benzene rings is 2. The van der Waals surface area contributed by atoms with E-state index in [1.54, 1.807) is 54.7 Å². The third kappa shape index (κ3) is 8.28. The van der Waals surface area contributed by atoms with Crippen LogP contribution in [0.2, 0.25) is 10.0 Å². The fourth-order valence-corrected chi connectivity index (χ4v) is 6.75. The molecule has 0 radical (unpaired) electrons. The van der Waals surface area contributed by atoms with Crippen molar-refractivity contribution in [2.75, 3.05) is 36.8 Å². The number of rotatable bonds is 11. The molecular formula is C35H38Cl2N8O4. The first kappa shape index (κ1) is 34.5. The van der Waals surface area contributed by atoms with Gasteiger partial charge in [0.1, 0.15) is 5.69 Å². The van der Waals surface area contributed by atoms with Crippen LogP contribution >= 0.6 is 23.2 Å². The van der Waals surface area contributed by atoms with E-state index in [2.05, 4.69) is 36.2 Å². The van der Waals surface area contributed by atoms with E-state index in [0.717, 1.165) is 37.1 Å². The molecule has 49 heavy (non-hydrogen) atoms. The van der Waals surface area contributed by atoms with E-state index in [9.17, 15) is 19.5 Å². The van der Waals surface area contributed by atoms with Gasteiger partial charge in [0.05, 0.1) is 33.2 Å². The van der Waals surface area contributed by atoms with Crippen LogP contribution in [0.5, 0.6) is 0 Å². The van der Waals surface area contributed by atoms with Gasteiger partial charge in [0, 0.05) is 69.6 Å². The normalized spacial score (nSPS) is 17.4. The average Bonchev–Trinajstić information content (AvgIpc) is 3.72. The minimum absolute atomic E-state index is 0.0177. The molecule has 6 rings (SSSR count). The summed E-state index contributed by atoms with van der Waals surface area (Å²) < 4.78 is 1.84. The lowest BCUT2D eigenvalue weighted by Gasteiger charge is -2.24. The quantitative estimate of drug-likeness (QED) is 0.139. The second-order valence-corrected chi connectivity index (χ2v) is 13.0. The number of aryl methyl sites for hydroxylation is 1. The molecule has 0 spiro atoms. The third-order valence-corrected chi connectivity index (χ3v) is 9.46.